The van der Waals surface area contributed by atoms with Crippen molar-refractivity contribution in [3.63, 3.8) is 0 Å². The van der Waals surface area contributed by atoms with Crippen LogP contribution in [0.2, 0.25) is 0 Å². The van der Waals surface area contributed by atoms with E-state index in [4.69, 9.17) is 5.73 Å². The lowest BCUT2D eigenvalue weighted by molar-refractivity contribution is -0.142. The summed E-state index contributed by atoms with van der Waals surface area (Å²) in [4.78, 5) is 15.2. The molecule has 4 heteroatoms. The van der Waals surface area contributed by atoms with E-state index in [1.807, 2.05) is 13.0 Å². The number of rotatable bonds is 2. The third-order valence-corrected chi connectivity index (χ3v) is 1.68. The molecule has 0 unspecified atom stereocenters. The molecule has 0 radical (unpaired) electrons. The highest BCUT2D eigenvalue weighted by Crippen LogP contribution is 2.08. The summed E-state index contributed by atoms with van der Waals surface area (Å²) in [5.74, 6) is -0.474. The Morgan fingerprint density at radius 3 is 2.85 bits per heavy atom. The number of carbonyl (C=O) groups excluding carboxylic acids is 1. The fourth-order valence-electron chi connectivity index (χ4n) is 0.985. The third kappa shape index (κ3) is 2.26. The van der Waals surface area contributed by atoms with E-state index in [1.54, 1.807) is 12.1 Å². The van der Waals surface area contributed by atoms with Gasteiger partial charge in [-0.15, -0.1) is 0 Å². The van der Waals surface area contributed by atoms with Crippen LogP contribution in [-0.2, 0) is 9.53 Å². The molecule has 0 saturated heterocycles. The molecule has 0 aliphatic rings. The molecular weight excluding hydrogens is 168 g/mol. The quantitative estimate of drug-likeness (QED) is 0.675. The van der Waals surface area contributed by atoms with Crippen LogP contribution in [0.15, 0.2) is 18.2 Å². The monoisotopic (exact) mass is 180 g/mol. The number of aromatic nitrogens is 1. The van der Waals surface area contributed by atoms with Gasteiger partial charge in [-0.25, -0.2) is 4.79 Å². The molecule has 4 nitrogen and oxygen atoms in total. The molecule has 2 N–H and O–H groups in total. The molecular formula is C9H12N2O2. The average Bonchev–Trinajstić information content (AvgIpc) is 2.15. The van der Waals surface area contributed by atoms with Gasteiger partial charge in [-0.2, -0.15) is 0 Å². The Morgan fingerprint density at radius 1 is 1.62 bits per heavy atom. The molecule has 0 aromatic carbocycles. The molecule has 1 heterocycles. The van der Waals surface area contributed by atoms with Crippen molar-refractivity contribution in [3.05, 3.63) is 29.6 Å². The zero-order valence-electron chi connectivity index (χ0n) is 7.65. The first kappa shape index (κ1) is 9.67. The predicted octanol–water partition coefficient (Wildman–Crippen LogP) is 0.563. The summed E-state index contributed by atoms with van der Waals surface area (Å²) in [6, 6.07) is 4.56. The third-order valence-electron chi connectivity index (χ3n) is 1.68. The van der Waals surface area contributed by atoms with Gasteiger partial charge in [0.1, 0.15) is 6.04 Å². The van der Waals surface area contributed by atoms with E-state index in [0.717, 1.165) is 5.69 Å². The fourth-order valence-corrected chi connectivity index (χ4v) is 0.985. The van der Waals surface area contributed by atoms with E-state index in [0.29, 0.717) is 5.69 Å². The number of ether oxygens (including phenoxy) is 1. The molecule has 0 bridgehead atoms. The van der Waals surface area contributed by atoms with Crippen LogP contribution < -0.4 is 5.73 Å². The molecule has 1 aromatic rings. The van der Waals surface area contributed by atoms with Crippen molar-refractivity contribution in [3.8, 4) is 0 Å². The SMILES string of the molecule is COC(=O)[C@H](N)c1cccc(C)n1. The molecule has 0 aliphatic carbocycles. The Bertz CT molecular complexity index is 312. The number of methoxy groups -OCH3 is 1. The molecule has 13 heavy (non-hydrogen) atoms. The molecule has 70 valence electrons. The number of hydrogen-bond donors (Lipinski definition) is 1. The molecule has 0 saturated carbocycles. The molecule has 0 aliphatic heterocycles. The van der Waals surface area contributed by atoms with Crippen molar-refractivity contribution in [2.75, 3.05) is 7.11 Å². The average molecular weight is 180 g/mol. The van der Waals surface area contributed by atoms with Crippen LogP contribution in [-0.4, -0.2) is 18.1 Å². The van der Waals surface area contributed by atoms with Crippen molar-refractivity contribution in [1.29, 1.82) is 0 Å². The summed E-state index contributed by atoms with van der Waals surface area (Å²) in [6.45, 7) is 1.84. The van der Waals surface area contributed by atoms with E-state index in [1.165, 1.54) is 7.11 Å². The first-order chi connectivity index (χ1) is 6.15. The van der Waals surface area contributed by atoms with Crippen LogP contribution in [0.3, 0.4) is 0 Å². The van der Waals surface area contributed by atoms with Crippen LogP contribution in [0, 0.1) is 6.92 Å². The Morgan fingerprint density at radius 2 is 2.31 bits per heavy atom. The summed E-state index contributed by atoms with van der Waals surface area (Å²) in [6.07, 6.45) is 0. The lowest BCUT2D eigenvalue weighted by Crippen LogP contribution is -2.23. The fraction of sp³-hybridized carbons (Fsp3) is 0.333. The maximum atomic E-state index is 11.0. The minimum atomic E-state index is -0.787. The molecule has 1 rings (SSSR count). The van der Waals surface area contributed by atoms with Crippen LogP contribution >= 0.6 is 0 Å². The minimum absolute atomic E-state index is 0.474. The minimum Gasteiger partial charge on any atom is -0.468 e. The predicted molar refractivity (Wildman–Crippen MR) is 47.9 cm³/mol. The van der Waals surface area contributed by atoms with E-state index >= 15 is 0 Å². The topological polar surface area (TPSA) is 65.2 Å². The maximum absolute atomic E-state index is 11.0. The number of hydrogen-bond acceptors (Lipinski definition) is 4. The number of esters is 1. The van der Waals surface area contributed by atoms with Crippen LogP contribution in [0.5, 0.6) is 0 Å². The molecule has 1 aromatic heterocycles. The second-order valence-electron chi connectivity index (χ2n) is 2.70. The Hall–Kier alpha value is -1.42. The standard InChI is InChI=1S/C9H12N2O2/c1-6-4-3-5-7(11-6)8(10)9(12)13-2/h3-5,8H,10H2,1-2H3/t8-/m1/s1. The van der Waals surface area contributed by atoms with Crippen molar-refractivity contribution in [2.24, 2.45) is 5.73 Å². The summed E-state index contributed by atoms with van der Waals surface area (Å²) < 4.78 is 4.50. The highest BCUT2D eigenvalue weighted by atomic mass is 16.5. The smallest absolute Gasteiger partial charge is 0.328 e. The summed E-state index contributed by atoms with van der Waals surface area (Å²) in [5, 5.41) is 0. The molecule has 0 spiro atoms. The number of nitrogens with zero attached hydrogens (tertiary/aromatic N) is 1. The Kier molecular flexibility index (Phi) is 2.97. The number of nitrogens with two attached hydrogens (primary N) is 1. The van der Waals surface area contributed by atoms with Gasteiger partial charge in [-0.1, -0.05) is 6.07 Å². The van der Waals surface area contributed by atoms with Gasteiger partial charge in [0.05, 0.1) is 12.8 Å². The van der Waals surface area contributed by atoms with Gasteiger partial charge in [0, 0.05) is 5.69 Å². The van der Waals surface area contributed by atoms with E-state index in [2.05, 4.69) is 9.72 Å². The summed E-state index contributed by atoms with van der Waals surface area (Å²) >= 11 is 0. The lowest BCUT2D eigenvalue weighted by atomic mass is 10.2. The van der Waals surface area contributed by atoms with Crippen molar-refractivity contribution in [1.82, 2.24) is 4.98 Å². The summed E-state index contributed by atoms with van der Waals surface area (Å²) in [7, 11) is 1.30. The number of pyridine rings is 1. The van der Waals surface area contributed by atoms with Crippen molar-refractivity contribution >= 4 is 5.97 Å². The Labute approximate surface area is 76.7 Å². The molecule has 0 fully saturated rings. The van der Waals surface area contributed by atoms with Crippen LogP contribution in [0.1, 0.15) is 17.4 Å². The van der Waals surface area contributed by atoms with Gasteiger partial charge in [0.25, 0.3) is 0 Å². The second-order valence-corrected chi connectivity index (χ2v) is 2.70. The zero-order valence-corrected chi connectivity index (χ0v) is 7.65. The first-order valence-electron chi connectivity index (χ1n) is 3.92. The second kappa shape index (κ2) is 4.00. The van der Waals surface area contributed by atoms with Gasteiger partial charge in [-0.3, -0.25) is 4.98 Å². The first-order valence-corrected chi connectivity index (χ1v) is 3.92. The van der Waals surface area contributed by atoms with Gasteiger partial charge >= 0.3 is 5.97 Å². The van der Waals surface area contributed by atoms with Crippen molar-refractivity contribution in [2.45, 2.75) is 13.0 Å². The highest BCUT2D eigenvalue weighted by molar-refractivity contribution is 5.76. The van der Waals surface area contributed by atoms with Crippen molar-refractivity contribution < 1.29 is 9.53 Å². The highest BCUT2D eigenvalue weighted by Gasteiger charge is 2.16. The summed E-state index contributed by atoms with van der Waals surface area (Å²) in [5.41, 5.74) is 6.95. The number of carbonyl (C=O) groups is 1. The van der Waals surface area contributed by atoms with Crippen LogP contribution in [0.4, 0.5) is 0 Å². The largest absolute Gasteiger partial charge is 0.468 e. The van der Waals surface area contributed by atoms with E-state index < -0.39 is 12.0 Å². The van der Waals surface area contributed by atoms with Crippen LogP contribution in [0.25, 0.3) is 0 Å². The number of aryl methyl sites for hydroxylation is 1. The van der Waals surface area contributed by atoms with Gasteiger partial charge in [0.2, 0.25) is 0 Å². The van der Waals surface area contributed by atoms with E-state index in [9.17, 15) is 4.79 Å². The lowest BCUT2D eigenvalue weighted by Gasteiger charge is -2.08. The normalized spacial score (nSPS) is 12.2. The zero-order chi connectivity index (χ0) is 9.84. The van der Waals surface area contributed by atoms with Gasteiger partial charge in [0.15, 0.2) is 0 Å². The Balaban J connectivity index is 2.88. The molecule has 1 atom stereocenters. The van der Waals surface area contributed by atoms with Gasteiger partial charge < -0.3 is 10.5 Å². The van der Waals surface area contributed by atoms with Gasteiger partial charge in [-0.05, 0) is 19.1 Å². The molecule has 0 amide bonds. The van der Waals surface area contributed by atoms with E-state index in [-0.39, 0.29) is 0 Å². The maximum Gasteiger partial charge on any atom is 0.328 e.